The molecule has 1 amide bonds. The van der Waals surface area contributed by atoms with Gasteiger partial charge in [0.1, 0.15) is 6.10 Å². The number of hydrogen-bond donors (Lipinski definition) is 2. The molecule has 11 heteroatoms. The lowest BCUT2D eigenvalue weighted by atomic mass is 10.1. The highest BCUT2D eigenvalue weighted by Gasteiger charge is 2.36. The summed E-state index contributed by atoms with van der Waals surface area (Å²) >= 11 is 0.670. The molecule has 1 heterocycles. The molecule has 0 radical (unpaired) electrons. The minimum Gasteiger partial charge on any atom is -0.393 e. The number of carbonyl (C=O) groups excluding carboxylic acids is 1. The maximum absolute atomic E-state index is 13.2. The van der Waals surface area contributed by atoms with Gasteiger partial charge in [-0.05, 0) is 37.8 Å². The maximum atomic E-state index is 13.2. The molecule has 8 nitrogen and oxygen atoms in total. The number of rotatable bonds is 7. The molecule has 4 rings (SSSR count). The van der Waals surface area contributed by atoms with Crippen LogP contribution in [0.15, 0.2) is 40.5 Å². The first kappa shape index (κ1) is 20.9. The van der Waals surface area contributed by atoms with Crippen molar-refractivity contribution in [2.75, 3.05) is 5.32 Å². The van der Waals surface area contributed by atoms with Crippen LogP contribution in [0.3, 0.4) is 0 Å². The largest absolute Gasteiger partial charge is 0.393 e. The first-order valence-electron chi connectivity index (χ1n) is 9.52. The minimum atomic E-state index is -3.36. The number of oxime groups is 1. The van der Waals surface area contributed by atoms with Gasteiger partial charge in [-0.15, -0.1) is 0 Å². The molecule has 0 spiro atoms. The fraction of sp³-hybridized carbons (Fsp3) is 0.421. The van der Waals surface area contributed by atoms with Gasteiger partial charge in [0.05, 0.1) is 22.4 Å². The summed E-state index contributed by atoms with van der Waals surface area (Å²) in [7, 11) is -3.36. The number of nitrogens with one attached hydrogen (secondary N) is 1. The van der Waals surface area contributed by atoms with Crippen molar-refractivity contribution < 1.29 is 27.5 Å². The van der Waals surface area contributed by atoms with Gasteiger partial charge in [0.15, 0.2) is 25.8 Å². The molecule has 0 unspecified atom stereocenters. The van der Waals surface area contributed by atoms with Gasteiger partial charge in [-0.2, -0.15) is 4.39 Å². The number of thiazole rings is 1. The van der Waals surface area contributed by atoms with Crippen LogP contribution in [-0.2, 0) is 19.5 Å². The van der Waals surface area contributed by atoms with E-state index in [0.29, 0.717) is 49.0 Å². The molecule has 2 aliphatic carbocycles. The summed E-state index contributed by atoms with van der Waals surface area (Å²) in [5, 5.41) is 15.3. The second-order valence-electron chi connectivity index (χ2n) is 7.33. The van der Waals surface area contributed by atoms with E-state index in [0.717, 1.165) is 6.20 Å². The highest BCUT2D eigenvalue weighted by molar-refractivity contribution is 7.92. The Morgan fingerprint density at radius 1 is 1.23 bits per heavy atom. The van der Waals surface area contributed by atoms with Gasteiger partial charge < -0.3 is 9.94 Å². The Hall–Kier alpha value is -2.37. The predicted molar refractivity (Wildman–Crippen MR) is 109 cm³/mol. The van der Waals surface area contributed by atoms with E-state index >= 15 is 0 Å². The molecule has 30 heavy (non-hydrogen) atoms. The Labute approximate surface area is 176 Å². The number of sulfone groups is 1. The van der Waals surface area contributed by atoms with E-state index in [1.54, 1.807) is 0 Å². The van der Waals surface area contributed by atoms with Gasteiger partial charge in [-0.25, -0.2) is 13.4 Å². The number of hydrogen-bond acceptors (Lipinski definition) is 8. The third-order valence-electron chi connectivity index (χ3n) is 4.98. The maximum Gasteiger partial charge on any atom is 0.280 e. The molecule has 2 N–H and O–H groups in total. The third-order valence-corrected chi connectivity index (χ3v) is 7.96. The summed E-state index contributed by atoms with van der Waals surface area (Å²) in [5.41, 5.74) is 0.250. The number of carbonyl (C=O) groups is 1. The zero-order valence-corrected chi connectivity index (χ0v) is 17.5. The first-order valence-corrected chi connectivity index (χ1v) is 11.9. The van der Waals surface area contributed by atoms with Gasteiger partial charge in [-0.1, -0.05) is 28.6 Å². The lowest BCUT2D eigenvalue weighted by molar-refractivity contribution is -0.110. The number of nitrogens with zero attached hydrogens (tertiary/aromatic N) is 2. The van der Waals surface area contributed by atoms with E-state index < -0.39 is 27.0 Å². The van der Waals surface area contributed by atoms with Crippen molar-refractivity contribution in [3.63, 3.8) is 0 Å². The molecule has 2 saturated carbocycles. The standard InChI is InChI=1S/C19H20FN3O5S2/c20-16-10-21-19(29-16)22-18(25)17(23-28-13-4-3-12(24)9-13)11-1-5-14(6-2-11)30(26,27)15-7-8-15/h1-2,5-6,10,12-13,15,24H,3-4,7-9H2,(H,21,22,25)/b23-17+/t12-,13+/m1/s1. The van der Waals surface area contributed by atoms with Crippen molar-refractivity contribution in [3.8, 4) is 0 Å². The number of aromatic nitrogens is 1. The van der Waals surface area contributed by atoms with Gasteiger partial charge in [0.25, 0.3) is 5.91 Å². The highest BCUT2D eigenvalue weighted by atomic mass is 32.2. The average molecular weight is 454 g/mol. The molecule has 2 aliphatic rings. The smallest absolute Gasteiger partial charge is 0.280 e. The second kappa shape index (κ2) is 8.40. The van der Waals surface area contributed by atoms with Gasteiger partial charge >= 0.3 is 0 Å². The van der Waals surface area contributed by atoms with Crippen molar-refractivity contribution in [2.24, 2.45) is 5.16 Å². The van der Waals surface area contributed by atoms with Crippen molar-refractivity contribution in [3.05, 3.63) is 41.2 Å². The van der Waals surface area contributed by atoms with Crippen LogP contribution in [0.2, 0.25) is 0 Å². The van der Waals surface area contributed by atoms with E-state index in [1.807, 2.05) is 0 Å². The van der Waals surface area contributed by atoms with E-state index in [9.17, 15) is 22.7 Å². The van der Waals surface area contributed by atoms with E-state index in [-0.39, 0.29) is 27.1 Å². The number of halogens is 1. The second-order valence-corrected chi connectivity index (χ2v) is 10.5. The molecule has 1 aromatic heterocycles. The van der Waals surface area contributed by atoms with E-state index in [1.165, 1.54) is 24.3 Å². The number of aliphatic hydroxyl groups is 1. The fourth-order valence-corrected chi connectivity index (χ4v) is 5.40. The Morgan fingerprint density at radius 2 is 1.97 bits per heavy atom. The number of amides is 1. The topological polar surface area (TPSA) is 118 Å². The Balaban J connectivity index is 1.58. The van der Waals surface area contributed by atoms with E-state index in [4.69, 9.17) is 4.84 Å². The molecule has 160 valence electrons. The van der Waals surface area contributed by atoms with Gasteiger partial charge in [-0.3, -0.25) is 10.1 Å². The summed E-state index contributed by atoms with van der Waals surface area (Å²) in [4.78, 5) is 22.1. The molecule has 0 saturated heterocycles. The van der Waals surface area contributed by atoms with Crippen LogP contribution in [0, 0.1) is 5.13 Å². The summed E-state index contributed by atoms with van der Waals surface area (Å²) in [6.45, 7) is 0. The lowest BCUT2D eigenvalue weighted by Crippen LogP contribution is -2.25. The number of aliphatic hydroxyl groups excluding tert-OH is 1. The van der Waals surface area contributed by atoms with Gasteiger partial charge in [0, 0.05) is 12.0 Å². The van der Waals surface area contributed by atoms with Gasteiger partial charge in [0.2, 0.25) is 0 Å². The Kier molecular flexibility index (Phi) is 5.85. The SMILES string of the molecule is O=C(Nc1ncc(F)s1)/C(=N/O[C@H]1CC[C@@H](O)C1)c1ccc(S(=O)(=O)C2CC2)cc1. The summed E-state index contributed by atoms with van der Waals surface area (Å²) in [6, 6.07) is 5.86. The highest BCUT2D eigenvalue weighted by Crippen LogP contribution is 2.33. The lowest BCUT2D eigenvalue weighted by Gasteiger charge is -2.11. The zero-order chi connectivity index (χ0) is 21.3. The van der Waals surface area contributed by atoms with Crippen LogP contribution >= 0.6 is 11.3 Å². The monoisotopic (exact) mass is 453 g/mol. The van der Waals surface area contributed by atoms with Crippen molar-refractivity contribution in [1.82, 2.24) is 4.98 Å². The zero-order valence-electron chi connectivity index (χ0n) is 15.8. The van der Waals surface area contributed by atoms with Crippen LogP contribution in [0.5, 0.6) is 0 Å². The number of benzene rings is 1. The molecule has 2 fully saturated rings. The molecular weight excluding hydrogens is 433 g/mol. The summed E-state index contributed by atoms with van der Waals surface area (Å²) < 4.78 is 38.0. The van der Waals surface area contributed by atoms with Crippen molar-refractivity contribution >= 4 is 37.9 Å². The average Bonchev–Trinajstić information content (AvgIpc) is 3.39. The molecular formula is C19H20FN3O5S2. The minimum absolute atomic E-state index is 0.0643. The molecule has 0 bridgehead atoms. The predicted octanol–water partition coefficient (Wildman–Crippen LogP) is 2.49. The fourth-order valence-electron chi connectivity index (χ4n) is 3.21. The first-order chi connectivity index (χ1) is 14.3. The van der Waals surface area contributed by atoms with E-state index in [2.05, 4.69) is 15.5 Å². The molecule has 1 aromatic carbocycles. The molecule has 0 aliphatic heterocycles. The van der Waals surface area contributed by atoms with Crippen LogP contribution in [0.4, 0.5) is 9.52 Å². The molecule has 2 aromatic rings. The third kappa shape index (κ3) is 4.68. The van der Waals surface area contributed by atoms with Crippen LogP contribution in [0.1, 0.15) is 37.7 Å². The Bertz CT molecular complexity index is 1060. The van der Waals surface area contributed by atoms with Crippen molar-refractivity contribution in [2.45, 2.75) is 54.5 Å². The summed E-state index contributed by atoms with van der Waals surface area (Å²) in [5.74, 6) is -0.666. The van der Waals surface area contributed by atoms with Crippen LogP contribution in [0.25, 0.3) is 0 Å². The Morgan fingerprint density at radius 3 is 2.53 bits per heavy atom. The normalized spacial score (nSPS) is 22.1. The van der Waals surface area contributed by atoms with Crippen LogP contribution in [-0.4, -0.2) is 47.6 Å². The van der Waals surface area contributed by atoms with Crippen molar-refractivity contribution in [1.29, 1.82) is 0 Å². The molecule has 2 atom stereocenters. The quantitative estimate of drug-likeness (QED) is 0.491. The van der Waals surface area contributed by atoms with Crippen LogP contribution < -0.4 is 5.32 Å². The number of anilines is 1. The summed E-state index contributed by atoms with van der Waals surface area (Å²) in [6.07, 6.45) is 3.13.